The summed E-state index contributed by atoms with van der Waals surface area (Å²) < 4.78 is 44.5. The maximum Gasteiger partial charge on any atom is 0.416 e. The van der Waals surface area contributed by atoms with E-state index >= 15 is 0 Å². The number of halogens is 3. The Labute approximate surface area is 163 Å². The summed E-state index contributed by atoms with van der Waals surface area (Å²) >= 11 is 0. The predicted octanol–water partition coefficient (Wildman–Crippen LogP) is 6.88. The van der Waals surface area contributed by atoms with Gasteiger partial charge in [-0.25, -0.2) is 4.98 Å². The quantitative estimate of drug-likeness (QED) is 0.443. The molecule has 0 spiro atoms. The van der Waals surface area contributed by atoms with E-state index in [1.54, 1.807) is 18.2 Å². The number of hydrogen-bond acceptors (Lipinski definition) is 2. The van der Waals surface area contributed by atoms with Crippen LogP contribution < -0.4 is 4.74 Å². The number of nitrogens with zero attached hydrogens (tertiary/aromatic N) is 1. The highest BCUT2D eigenvalue weighted by atomic mass is 19.4. The van der Waals surface area contributed by atoms with E-state index in [0.29, 0.717) is 11.3 Å². The van der Waals surface area contributed by atoms with E-state index in [1.807, 2.05) is 24.3 Å². The summed E-state index contributed by atoms with van der Waals surface area (Å²) in [5.41, 5.74) is 1.35. The van der Waals surface area contributed by atoms with Crippen molar-refractivity contribution in [3.05, 3.63) is 84.1 Å². The maximum absolute atomic E-state index is 12.8. The minimum Gasteiger partial charge on any atom is -0.484 e. The summed E-state index contributed by atoms with van der Waals surface area (Å²) in [6, 6.07) is 20.8. The Morgan fingerprint density at radius 2 is 1.71 bits per heavy atom. The van der Waals surface area contributed by atoms with Gasteiger partial charge in [0.2, 0.25) is 0 Å². The van der Waals surface area contributed by atoms with Crippen LogP contribution in [0.5, 0.6) is 5.75 Å². The molecule has 0 amide bonds. The zero-order chi connectivity index (χ0) is 20.0. The lowest BCUT2D eigenvalue weighted by atomic mass is 10.1. The monoisotopic (exact) mass is 384 g/mol. The van der Waals surface area contributed by atoms with Crippen molar-refractivity contribution in [2.45, 2.75) is 38.5 Å². The SMILES string of the molecule is CCCC[C@@H](Oc1cc[c]cc1)c1cccc(-c2ccc(C(F)(F)F)cc2)n1. The molecule has 0 aliphatic heterocycles. The number of benzene rings is 2. The number of pyridine rings is 1. The van der Waals surface area contributed by atoms with Crippen molar-refractivity contribution < 1.29 is 17.9 Å². The van der Waals surface area contributed by atoms with Gasteiger partial charge in [0.05, 0.1) is 17.0 Å². The van der Waals surface area contributed by atoms with Gasteiger partial charge in [-0.3, -0.25) is 0 Å². The summed E-state index contributed by atoms with van der Waals surface area (Å²) in [5, 5.41) is 0. The molecular weight excluding hydrogens is 363 g/mol. The molecule has 3 aromatic rings. The summed E-state index contributed by atoms with van der Waals surface area (Å²) in [4.78, 5) is 4.67. The van der Waals surface area contributed by atoms with Crippen LogP contribution in [-0.2, 0) is 6.18 Å². The molecule has 1 heterocycles. The highest BCUT2D eigenvalue weighted by Crippen LogP contribution is 2.31. The van der Waals surface area contributed by atoms with E-state index in [-0.39, 0.29) is 6.10 Å². The van der Waals surface area contributed by atoms with Crippen LogP contribution in [-0.4, -0.2) is 4.98 Å². The van der Waals surface area contributed by atoms with Gasteiger partial charge in [-0.05, 0) is 55.3 Å². The van der Waals surface area contributed by atoms with Crippen molar-refractivity contribution in [3.63, 3.8) is 0 Å². The van der Waals surface area contributed by atoms with E-state index in [1.165, 1.54) is 12.1 Å². The fourth-order valence-electron chi connectivity index (χ4n) is 2.89. The van der Waals surface area contributed by atoms with Crippen LogP contribution in [0.1, 0.15) is 43.5 Å². The van der Waals surface area contributed by atoms with Crippen LogP contribution in [0, 0.1) is 6.07 Å². The lowest BCUT2D eigenvalue weighted by Gasteiger charge is -2.19. The lowest BCUT2D eigenvalue weighted by Crippen LogP contribution is -2.10. The predicted molar refractivity (Wildman–Crippen MR) is 103 cm³/mol. The molecule has 0 fully saturated rings. The van der Waals surface area contributed by atoms with E-state index < -0.39 is 11.7 Å². The molecule has 28 heavy (non-hydrogen) atoms. The minimum absolute atomic E-state index is 0.225. The van der Waals surface area contributed by atoms with E-state index in [9.17, 15) is 13.2 Å². The molecular formula is C23H21F3NO. The fraction of sp³-hybridized carbons (Fsp3) is 0.261. The molecule has 0 saturated heterocycles. The Balaban J connectivity index is 1.86. The molecule has 2 nitrogen and oxygen atoms in total. The molecule has 5 heteroatoms. The van der Waals surface area contributed by atoms with Gasteiger partial charge in [0.15, 0.2) is 0 Å². The van der Waals surface area contributed by atoms with Crippen LogP contribution in [0.15, 0.2) is 66.7 Å². The van der Waals surface area contributed by atoms with Crippen molar-refractivity contribution in [2.24, 2.45) is 0 Å². The van der Waals surface area contributed by atoms with Crippen molar-refractivity contribution in [2.75, 3.05) is 0 Å². The second-order valence-electron chi connectivity index (χ2n) is 6.51. The number of alkyl halides is 3. The summed E-state index contributed by atoms with van der Waals surface area (Å²) in [7, 11) is 0. The number of unbranched alkanes of at least 4 members (excludes halogenated alkanes) is 1. The first kappa shape index (κ1) is 19.9. The van der Waals surface area contributed by atoms with Gasteiger partial charge in [-0.2, -0.15) is 13.2 Å². The zero-order valence-corrected chi connectivity index (χ0v) is 15.5. The molecule has 1 aromatic heterocycles. The normalized spacial score (nSPS) is 12.6. The zero-order valence-electron chi connectivity index (χ0n) is 15.5. The van der Waals surface area contributed by atoms with Crippen molar-refractivity contribution in [1.82, 2.24) is 4.98 Å². The van der Waals surface area contributed by atoms with Gasteiger partial charge in [-0.1, -0.05) is 43.7 Å². The number of hydrogen-bond donors (Lipinski definition) is 0. The molecule has 0 aliphatic carbocycles. The van der Waals surface area contributed by atoms with Crippen LogP contribution in [0.25, 0.3) is 11.3 Å². The van der Waals surface area contributed by atoms with Crippen molar-refractivity contribution in [3.8, 4) is 17.0 Å². The fourth-order valence-corrected chi connectivity index (χ4v) is 2.89. The molecule has 145 valence electrons. The van der Waals surface area contributed by atoms with E-state index in [2.05, 4.69) is 18.0 Å². The van der Waals surface area contributed by atoms with Gasteiger partial charge in [0.25, 0.3) is 0 Å². The molecule has 3 rings (SSSR count). The third-order valence-corrected chi connectivity index (χ3v) is 4.39. The van der Waals surface area contributed by atoms with E-state index in [0.717, 1.165) is 42.8 Å². The van der Waals surface area contributed by atoms with Gasteiger partial charge in [-0.15, -0.1) is 0 Å². The van der Waals surface area contributed by atoms with Crippen LogP contribution in [0.2, 0.25) is 0 Å². The smallest absolute Gasteiger partial charge is 0.416 e. The molecule has 1 atom stereocenters. The average molecular weight is 384 g/mol. The van der Waals surface area contributed by atoms with Crippen molar-refractivity contribution in [1.29, 1.82) is 0 Å². The third-order valence-electron chi connectivity index (χ3n) is 4.39. The molecule has 1 radical (unpaired) electrons. The maximum atomic E-state index is 12.8. The number of rotatable bonds is 7. The third kappa shape index (κ3) is 5.12. The van der Waals surface area contributed by atoms with Gasteiger partial charge >= 0.3 is 6.18 Å². The van der Waals surface area contributed by atoms with Crippen LogP contribution >= 0.6 is 0 Å². The number of aromatic nitrogens is 1. The topological polar surface area (TPSA) is 22.1 Å². The summed E-state index contributed by atoms with van der Waals surface area (Å²) in [6.07, 6.45) is -1.76. The largest absolute Gasteiger partial charge is 0.484 e. The first-order valence-electron chi connectivity index (χ1n) is 9.24. The van der Waals surface area contributed by atoms with Gasteiger partial charge in [0.1, 0.15) is 11.9 Å². The average Bonchev–Trinajstić information content (AvgIpc) is 2.71. The Bertz CT molecular complexity index is 876. The highest BCUT2D eigenvalue weighted by Gasteiger charge is 2.30. The Kier molecular flexibility index (Phi) is 6.34. The molecule has 0 bridgehead atoms. The molecule has 0 saturated carbocycles. The highest BCUT2D eigenvalue weighted by molar-refractivity contribution is 5.59. The first-order chi connectivity index (χ1) is 13.5. The lowest BCUT2D eigenvalue weighted by molar-refractivity contribution is -0.137. The molecule has 0 N–H and O–H groups in total. The van der Waals surface area contributed by atoms with Crippen LogP contribution in [0.4, 0.5) is 13.2 Å². The Morgan fingerprint density at radius 1 is 1.00 bits per heavy atom. The second-order valence-corrected chi connectivity index (χ2v) is 6.51. The molecule has 2 aromatic carbocycles. The Morgan fingerprint density at radius 3 is 2.36 bits per heavy atom. The second kappa shape index (κ2) is 8.91. The summed E-state index contributed by atoms with van der Waals surface area (Å²) in [5.74, 6) is 0.738. The molecule has 0 unspecified atom stereocenters. The van der Waals surface area contributed by atoms with Gasteiger partial charge in [0, 0.05) is 5.56 Å². The minimum atomic E-state index is -4.35. The molecule has 0 aliphatic rings. The van der Waals surface area contributed by atoms with Gasteiger partial charge < -0.3 is 4.74 Å². The van der Waals surface area contributed by atoms with E-state index in [4.69, 9.17) is 4.74 Å². The first-order valence-corrected chi connectivity index (χ1v) is 9.24. The number of ether oxygens (including phenoxy) is 1. The van der Waals surface area contributed by atoms with Crippen LogP contribution in [0.3, 0.4) is 0 Å². The Hall–Kier alpha value is -2.82. The summed E-state index contributed by atoms with van der Waals surface area (Å²) in [6.45, 7) is 2.11. The van der Waals surface area contributed by atoms with Crippen molar-refractivity contribution >= 4 is 0 Å². The standard InChI is InChI=1S/C23H21F3NO/c1-2-3-12-22(28-19-8-5-4-6-9-19)21-11-7-10-20(27-21)17-13-15-18(16-14-17)23(24,25)26/h5-11,13-16,22H,2-3,12H2,1H3/t22-/m1/s1.